The second-order valence-corrected chi connectivity index (χ2v) is 3.79. The SMILES string of the molecule is COC(=O)CO[C@H]1[C@H](OC)O[C@H](CO)[C@H](O)[C@@H]1O. The molecule has 0 spiro atoms. The van der Waals surface area contributed by atoms with Crippen molar-refractivity contribution in [3.63, 3.8) is 0 Å². The molecule has 0 amide bonds. The zero-order valence-electron chi connectivity index (χ0n) is 10.2. The molecule has 0 unspecified atom stereocenters. The largest absolute Gasteiger partial charge is 0.467 e. The normalized spacial score (nSPS) is 36.4. The van der Waals surface area contributed by atoms with Crippen molar-refractivity contribution >= 4 is 5.97 Å². The summed E-state index contributed by atoms with van der Waals surface area (Å²) in [6.07, 6.45) is -5.69. The minimum absolute atomic E-state index is 0.405. The molecule has 1 rings (SSSR count). The van der Waals surface area contributed by atoms with Crippen LogP contribution in [0, 0.1) is 0 Å². The first kappa shape index (κ1) is 15.3. The van der Waals surface area contributed by atoms with Crippen molar-refractivity contribution in [3.8, 4) is 0 Å². The lowest BCUT2D eigenvalue weighted by Crippen LogP contribution is -2.60. The molecule has 1 aliphatic rings. The molecule has 0 bridgehead atoms. The first-order valence-electron chi connectivity index (χ1n) is 5.38. The summed E-state index contributed by atoms with van der Waals surface area (Å²) >= 11 is 0. The monoisotopic (exact) mass is 266 g/mol. The highest BCUT2D eigenvalue weighted by molar-refractivity contribution is 5.70. The van der Waals surface area contributed by atoms with E-state index in [4.69, 9.17) is 19.3 Å². The number of ether oxygens (including phenoxy) is 4. The number of aliphatic hydroxyl groups excluding tert-OH is 3. The fraction of sp³-hybridized carbons (Fsp3) is 0.900. The maximum Gasteiger partial charge on any atom is 0.331 e. The lowest BCUT2D eigenvalue weighted by molar-refractivity contribution is -0.303. The molecule has 0 aliphatic carbocycles. The molecule has 1 fully saturated rings. The average Bonchev–Trinajstić information content (AvgIpc) is 2.39. The average molecular weight is 266 g/mol. The van der Waals surface area contributed by atoms with Gasteiger partial charge < -0.3 is 34.3 Å². The number of hydrogen-bond acceptors (Lipinski definition) is 8. The molecule has 0 aromatic heterocycles. The predicted molar refractivity (Wildman–Crippen MR) is 56.5 cm³/mol. The van der Waals surface area contributed by atoms with Crippen LogP contribution in [0.15, 0.2) is 0 Å². The van der Waals surface area contributed by atoms with Crippen LogP contribution < -0.4 is 0 Å². The highest BCUT2D eigenvalue weighted by Gasteiger charge is 2.45. The maximum atomic E-state index is 10.9. The Morgan fingerprint density at radius 3 is 2.44 bits per heavy atom. The molecular weight excluding hydrogens is 248 g/mol. The van der Waals surface area contributed by atoms with Crippen LogP contribution in [0.1, 0.15) is 0 Å². The summed E-state index contributed by atoms with van der Waals surface area (Å²) in [5, 5.41) is 28.5. The molecule has 1 saturated heterocycles. The number of aliphatic hydroxyl groups is 3. The summed E-state index contributed by atoms with van der Waals surface area (Å²) < 4.78 is 19.6. The number of carbonyl (C=O) groups excluding carboxylic acids is 1. The molecule has 8 nitrogen and oxygen atoms in total. The first-order chi connectivity index (χ1) is 8.54. The Morgan fingerprint density at radius 1 is 1.28 bits per heavy atom. The van der Waals surface area contributed by atoms with E-state index in [-0.39, 0.29) is 0 Å². The summed E-state index contributed by atoms with van der Waals surface area (Å²) in [4.78, 5) is 10.9. The van der Waals surface area contributed by atoms with Crippen molar-refractivity contribution in [1.29, 1.82) is 0 Å². The second kappa shape index (κ2) is 6.98. The van der Waals surface area contributed by atoms with Gasteiger partial charge in [0.1, 0.15) is 31.0 Å². The van der Waals surface area contributed by atoms with Crippen LogP contribution >= 0.6 is 0 Å². The first-order valence-corrected chi connectivity index (χ1v) is 5.38. The molecule has 0 radical (unpaired) electrons. The van der Waals surface area contributed by atoms with Gasteiger partial charge in [-0.25, -0.2) is 4.79 Å². The van der Waals surface area contributed by atoms with E-state index < -0.39 is 49.9 Å². The number of methoxy groups -OCH3 is 2. The van der Waals surface area contributed by atoms with E-state index in [1.54, 1.807) is 0 Å². The molecule has 0 aromatic rings. The van der Waals surface area contributed by atoms with Gasteiger partial charge in [-0.05, 0) is 0 Å². The summed E-state index contributed by atoms with van der Waals surface area (Å²) in [5.41, 5.74) is 0. The maximum absolute atomic E-state index is 10.9. The van der Waals surface area contributed by atoms with Gasteiger partial charge in [0.25, 0.3) is 0 Å². The lowest BCUT2D eigenvalue weighted by Gasteiger charge is -2.41. The summed E-state index contributed by atoms with van der Waals surface area (Å²) in [5.74, 6) is -0.629. The van der Waals surface area contributed by atoms with E-state index in [1.807, 2.05) is 0 Å². The smallest absolute Gasteiger partial charge is 0.331 e. The predicted octanol–water partition coefficient (Wildman–Crippen LogP) is -2.37. The zero-order valence-corrected chi connectivity index (χ0v) is 10.2. The van der Waals surface area contributed by atoms with E-state index in [0.29, 0.717) is 0 Å². The van der Waals surface area contributed by atoms with E-state index in [1.165, 1.54) is 14.2 Å². The Balaban J connectivity index is 2.65. The third-order valence-electron chi connectivity index (χ3n) is 2.68. The molecular formula is C10H18O8. The van der Waals surface area contributed by atoms with Crippen molar-refractivity contribution < 1.29 is 39.1 Å². The molecule has 106 valence electrons. The van der Waals surface area contributed by atoms with Gasteiger partial charge in [-0.15, -0.1) is 0 Å². The minimum atomic E-state index is -1.34. The van der Waals surface area contributed by atoms with Crippen LogP contribution in [0.25, 0.3) is 0 Å². The Morgan fingerprint density at radius 2 is 1.94 bits per heavy atom. The summed E-state index contributed by atoms with van der Waals surface area (Å²) in [7, 11) is 2.52. The van der Waals surface area contributed by atoms with Crippen molar-refractivity contribution in [2.75, 3.05) is 27.4 Å². The molecule has 1 heterocycles. The van der Waals surface area contributed by atoms with Crippen LogP contribution in [0.4, 0.5) is 0 Å². The van der Waals surface area contributed by atoms with Crippen LogP contribution in [0.5, 0.6) is 0 Å². The van der Waals surface area contributed by atoms with Crippen molar-refractivity contribution in [3.05, 3.63) is 0 Å². The number of carbonyl (C=O) groups is 1. The standard InChI is InChI=1S/C10H18O8/c1-15-6(12)4-17-9-8(14)7(13)5(3-11)18-10(9)16-2/h5,7-11,13-14H,3-4H2,1-2H3/t5-,7+,8+,9-,10-/m1/s1. The van der Waals surface area contributed by atoms with Crippen molar-refractivity contribution in [1.82, 2.24) is 0 Å². The van der Waals surface area contributed by atoms with Crippen molar-refractivity contribution in [2.45, 2.75) is 30.7 Å². The Kier molecular flexibility index (Phi) is 5.93. The minimum Gasteiger partial charge on any atom is -0.467 e. The third-order valence-corrected chi connectivity index (χ3v) is 2.68. The lowest BCUT2D eigenvalue weighted by atomic mass is 9.99. The topological polar surface area (TPSA) is 115 Å². The van der Waals surface area contributed by atoms with Crippen LogP contribution in [-0.4, -0.2) is 79.4 Å². The summed E-state index contributed by atoms with van der Waals surface area (Å²) in [6.45, 7) is -0.875. The fourth-order valence-electron chi connectivity index (χ4n) is 1.65. The van der Waals surface area contributed by atoms with E-state index >= 15 is 0 Å². The van der Waals surface area contributed by atoms with Gasteiger partial charge in [0.05, 0.1) is 13.7 Å². The molecule has 0 saturated carbocycles. The van der Waals surface area contributed by atoms with Crippen LogP contribution in [0.3, 0.4) is 0 Å². The molecule has 1 aliphatic heterocycles. The van der Waals surface area contributed by atoms with Crippen molar-refractivity contribution in [2.24, 2.45) is 0 Å². The highest BCUT2D eigenvalue weighted by atomic mass is 16.7. The molecule has 5 atom stereocenters. The molecule has 8 heteroatoms. The number of rotatable bonds is 5. The third kappa shape index (κ3) is 3.37. The van der Waals surface area contributed by atoms with Gasteiger partial charge in [-0.2, -0.15) is 0 Å². The Hall–Kier alpha value is -0.770. The van der Waals surface area contributed by atoms with Gasteiger partial charge >= 0.3 is 5.97 Å². The molecule has 0 aromatic carbocycles. The highest BCUT2D eigenvalue weighted by Crippen LogP contribution is 2.23. The fourth-order valence-corrected chi connectivity index (χ4v) is 1.65. The van der Waals surface area contributed by atoms with E-state index in [2.05, 4.69) is 4.74 Å². The molecule has 18 heavy (non-hydrogen) atoms. The van der Waals surface area contributed by atoms with Gasteiger partial charge in [0, 0.05) is 7.11 Å². The number of esters is 1. The molecule has 3 N–H and O–H groups in total. The number of hydrogen-bond donors (Lipinski definition) is 3. The Bertz CT molecular complexity index is 269. The van der Waals surface area contributed by atoms with Gasteiger partial charge in [-0.1, -0.05) is 0 Å². The summed E-state index contributed by atoms with van der Waals surface area (Å²) in [6, 6.07) is 0. The quantitative estimate of drug-likeness (QED) is 0.473. The van der Waals surface area contributed by atoms with Gasteiger partial charge in [0.2, 0.25) is 0 Å². The van der Waals surface area contributed by atoms with Crippen LogP contribution in [-0.2, 0) is 23.7 Å². The Labute approximate surface area is 104 Å². The van der Waals surface area contributed by atoms with Crippen LogP contribution in [0.2, 0.25) is 0 Å². The van der Waals surface area contributed by atoms with E-state index in [9.17, 15) is 15.0 Å². The second-order valence-electron chi connectivity index (χ2n) is 3.79. The zero-order chi connectivity index (χ0) is 13.7. The van der Waals surface area contributed by atoms with Gasteiger partial charge in [0.15, 0.2) is 6.29 Å². The van der Waals surface area contributed by atoms with Gasteiger partial charge in [-0.3, -0.25) is 0 Å². The van der Waals surface area contributed by atoms with E-state index in [0.717, 1.165) is 0 Å².